The Labute approximate surface area is 127 Å². The predicted octanol–water partition coefficient (Wildman–Crippen LogP) is 0.584. The number of aryl methyl sites for hydroxylation is 1. The zero-order valence-electron chi connectivity index (χ0n) is 12.2. The number of piperidine rings is 1. The summed E-state index contributed by atoms with van der Waals surface area (Å²) in [6, 6.07) is 3.09. The Morgan fingerprint density at radius 2 is 2.32 bits per heavy atom. The van der Waals surface area contributed by atoms with Crippen LogP contribution in [0.25, 0.3) is 5.82 Å². The number of amides is 2. The van der Waals surface area contributed by atoms with E-state index >= 15 is 0 Å². The Morgan fingerprint density at radius 3 is 3.05 bits per heavy atom. The van der Waals surface area contributed by atoms with Crippen LogP contribution in [0.4, 0.5) is 0 Å². The Bertz CT molecular complexity index is 696. The number of hydrogen-bond acceptors (Lipinski definition) is 4. The number of carbonyl (C=O) groups excluding carboxylic acids is 2. The second-order valence-electron chi connectivity index (χ2n) is 5.32. The van der Waals surface area contributed by atoms with Crippen LogP contribution in [0.2, 0.25) is 0 Å². The fourth-order valence-corrected chi connectivity index (χ4v) is 2.43. The van der Waals surface area contributed by atoms with E-state index in [0.29, 0.717) is 24.5 Å². The molecule has 2 N–H and O–H groups in total. The maximum absolute atomic E-state index is 12.4. The number of nitrogens with one attached hydrogen (secondary N) is 2. The van der Waals surface area contributed by atoms with Gasteiger partial charge in [0.05, 0.1) is 0 Å². The Morgan fingerprint density at radius 1 is 1.45 bits per heavy atom. The summed E-state index contributed by atoms with van der Waals surface area (Å²) in [6.45, 7) is 2.56. The lowest BCUT2D eigenvalue weighted by Gasteiger charge is -2.22. The summed E-state index contributed by atoms with van der Waals surface area (Å²) in [7, 11) is 0. The van der Waals surface area contributed by atoms with Crippen LogP contribution in [-0.4, -0.2) is 38.9 Å². The van der Waals surface area contributed by atoms with Gasteiger partial charge in [0.15, 0.2) is 0 Å². The van der Waals surface area contributed by atoms with Crippen LogP contribution in [0.15, 0.2) is 30.9 Å². The highest BCUT2D eigenvalue weighted by molar-refractivity contribution is 5.96. The van der Waals surface area contributed by atoms with E-state index in [2.05, 4.69) is 20.6 Å². The van der Waals surface area contributed by atoms with Crippen LogP contribution in [0.3, 0.4) is 0 Å². The molecule has 1 aliphatic rings. The average molecular weight is 299 g/mol. The Kier molecular flexibility index (Phi) is 3.86. The quantitative estimate of drug-likeness (QED) is 0.868. The molecule has 7 nitrogen and oxygen atoms in total. The second kappa shape index (κ2) is 5.97. The van der Waals surface area contributed by atoms with Gasteiger partial charge >= 0.3 is 0 Å². The Balaban J connectivity index is 1.81. The maximum Gasteiger partial charge on any atom is 0.270 e. The predicted molar refractivity (Wildman–Crippen MR) is 79.6 cm³/mol. The summed E-state index contributed by atoms with van der Waals surface area (Å²) in [5.41, 5.74) is 1.21. The van der Waals surface area contributed by atoms with Crippen LogP contribution < -0.4 is 10.6 Å². The highest BCUT2D eigenvalue weighted by Crippen LogP contribution is 2.11. The van der Waals surface area contributed by atoms with E-state index in [-0.39, 0.29) is 11.8 Å². The third-order valence-corrected chi connectivity index (χ3v) is 3.55. The van der Waals surface area contributed by atoms with Gasteiger partial charge in [0, 0.05) is 18.9 Å². The molecule has 0 aromatic carbocycles. The van der Waals surface area contributed by atoms with Gasteiger partial charge in [0.2, 0.25) is 5.91 Å². The minimum atomic E-state index is -0.486. The van der Waals surface area contributed by atoms with Crippen LogP contribution in [0, 0.1) is 6.92 Å². The first-order valence-corrected chi connectivity index (χ1v) is 7.19. The molecule has 3 rings (SSSR count). The molecule has 0 aliphatic carbocycles. The van der Waals surface area contributed by atoms with Gasteiger partial charge in [-0.05, 0) is 37.5 Å². The van der Waals surface area contributed by atoms with Crippen molar-refractivity contribution in [1.29, 1.82) is 0 Å². The molecule has 0 saturated carbocycles. The van der Waals surface area contributed by atoms with Crippen molar-refractivity contribution in [2.24, 2.45) is 0 Å². The van der Waals surface area contributed by atoms with Gasteiger partial charge in [-0.2, -0.15) is 0 Å². The number of nitrogens with zero attached hydrogens (tertiary/aromatic N) is 3. The molecule has 0 bridgehead atoms. The smallest absolute Gasteiger partial charge is 0.270 e. The van der Waals surface area contributed by atoms with Crippen LogP contribution >= 0.6 is 0 Å². The molecule has 1 saturated heterocycles. The zero-order chi connectivity index (χ0) is 15.5. The first kappa shape index (κ1) is 14.2. The monoisotopic (exact) mass is 299 g/mol. The highest BCUT2D eigenvalue weighted by Gasteiger charge is 2.24. The third-order valence-electron chi connectivity index (χ3n) is 3.55. The van der Waals surface area contributed by atoms with Crippen molar-refractivity contribution in [1.82, 2.24) is 25.2 Å². The number of imidazole rings is 1. The van der Waals surface area contributed by atoms with Crippen molar-refractivity contribution in [3.8, 4) is 5.82 Å². The largest absolute Gasteiger partial charge is 0.354 e. The summed E-state index contributed by atoms with van der Waals surface area (Å²) in [6.07, 6.45) is 6.54. The summed E-state index contributed by atoms with van der Waals surface area (Å²) >= 11 is 0. The highest BCUT2D eigenvalue weighted by atomic mass is 16.2. The molecule has 1 aliphatic heterocycles. The summed E-state index contributed by atoms with van der Waals surface area (Å²) in [4.78, 5) is 32.4. The van der Waals surface area contributed by atoms with Gasteiger partial charge in [0.25, 0.3) is 5.91 Å². The molecule has 114 valence electrons. The fourth-order valence-electron chi connectivity index (χ4n) is 2.43. The number of hydrogen-bond donors (Lipinski definition) is 2. The van der Waals surface area contributed by atoms with Crippen molar-refractivity contribution in [3.05, 3.63) is 42.1 Å². The van der Waals surface area contributed by atoms with E-state index in [1.807, 2.05) is 13.0 Å². The lowest BCUT2D eigenvalue weighted by molar-refractivity contribution is -0.124. The number of aromatic nitrogens is 3. The molecule has 7 heteroatoms. The third kappa shape index (κ3) is 2.98. The molecule has 3 heterocycles. The number of rotatable bonds is 3. The lowest BCUT2D eigenvalue weighted by atomic mass is 10.1. The molecule has 22 heavy (non-hydrogen) atoms. The van der Waals surface area contributed by atoms with Gasteiger partial charge in [-0.15, -0.1) is 0 Å². The van der Waals surface area contributed by atoms with Crippen molar-refractivity contribution in [2.75, 3.05) is 6.54 Å². The maximum atomic E-state index is 12.4. The van der Waals surface area contributed by atoms with Gasteiger partial charge in [-0.3, -0.25) is 14.2 Å². The molecule has 0 unspecified atom stereocenters. The first-order chi connectivity index (χ1) is 10.6. The van der Waals surface area contributed by atoms with E-state index in [0.717, 1.165) is 12.0 Å². The van der Waals surface area contributed by atoms with Crippen molar-refractivity contribution in [2.45, 2.75) is 25.8 Å². The molecule has 1 fully saturated rings. The second-order valence-corrected chi connectivity index (χ2v) is 5.32. The number of pyridine rings is 1. The van der Waals surface area contributed by atoms with E-state index in [1.54, 1.807) is 29.4 Å². The minimum Gasteiger partial charge on any atom is -0.354 e. The van der Waals surface area contributed by atoms with Crippen molar-refractivity contribution < 1.29 is 9.59 Å². The summed E-state index contributed by atoms with van der Waals surface area (Å²) in [5, 5.41) is 5.49. The summed E-state index contributed by atoms with van der Waals surface area (Å²) < 4.78 is 1.73. The van der Waals surface area contributed by atoms with Gasteiger partial charge in [-0.25, -0.2) is 9.97 Å². The van der Waals surface area contributed by atoms with Crippen LogP contribution in [-0.2, 0) is 4.79 Å². The van der Waals surface area contributed by atoms with E-state index in [1.165, 1.54) is 0 Å². The standard InChI is InChI=1S/C15H17N5O2/c1-10-7-12(18-13(8-10)20-6-5-16-9-20)15(22)19-11-3-2-4-17-14(11)21/h5-9,11H,2-4H2,1H3,(H,17,21)(H,19,22)/t11-/m1/s1. The van der Waals surface area contributed by atoms with E-state index < -0.39 is 6.04 Å². The summed E-state index contributed by atoms with van der Waals surface area (Å²) in [5.74, 6) is 0.143. The minimum absolute atomic E-state index is 0.137. The molecule has 2 amide bonds. The van der Waals surface area contributed by atoms with Crippen molar-refractivity contribution in [3.63, 3.8) is 0 Å². The van der Waals surface area contributed by atoms with Crippen molar-refractivity contribution >= 4 is 11.8 Å². The molecular formula is C15H17N5O2. The van der Waals surface area contributed by atoms with Gasteiger partial charge in [0.1, 0.15) is 23.9 Å². The number of carbonyl (C=O) groups is 2. The molecule has 0 radical (unpaired) electrons. The molecule has 2 aromatic rings. The molecular weight excluding hydrogens is 282 g/mol. The first-order valence-electron chi connectivity index (χ1n) is 7.19. The van der Waals surface area contributed by atoms with Gasteiger partial charge in [-0.1, -0.05) is 0 Å². The van der Waals surface area contributed by atoms with Gasteiger partial charge < -0.3 is 10.6 Å². The van der Waals surface area contributed by atoms with E-state index in [9.17, 15) is 9.59 Å². The Hall–Kier alpha value is -2.70. The fraction of sp³-hybridized carbons (Fsp3) is 0.333. The van der Waals surface area contributed by atoms with Crippen LogP contribution in [0.1, 0.15) is 28.9 Å². The normalized spacial score (nSPS) is 17.9. The zero-order valence-corrected chi connectivity index (χ0v) is 12.2. The average Bonchev–Trinajstić information content (AvgIpc) is 3.03. The van der Waals surface area contributed by atoms with Crippen LogP contribution in [0.5, 0.6) is 0 Å². The van der Waals surface area contributed by atoms with E-state index in [4.69, 9.17) is 0 Å². The molecule has 0 spiro atoms. The molecule has 1 atom stereocenters. The topological polar surface area (TPSA) is 88.9 Å². The lowest BCUT2D eigenvalue weighted by Crippen LogP contribution is -2.50. The SMILES string of the molecule is Cc1cc(C(=O)N[C@@H]2CCCNC2=O)nc(-n2ccnc2)c1. The molecule has 2 aromatic heterocycles.